The van der Waals surface area contributed by atoms with E-state index in [9.17, 15) is 0 Å². The monoisotopic (exact) mass is 191 g/mol. The molecule has 0 amide bonds. The van der Waals surface area contributed by atoms with Gasteiger partial charge in [0.15, 0.2) is 0 Å². The molecule has 2 atom stereocenters. The lowest BCUT2D eigenvalue weighted by Crippen LogP contribution is -1.94. The summed E-state index contributed by atoms with van der Waals surface area (Å²) in [4.78, 5) is 0. The molecule has 1 aromatic heterocycles. The van der Waals surface area contributed by atoms with Gasteiger partial charge in [-0.05, 0) is 43.5 Å². The molecule has 1 fully saturated rings. The van der Waals surface area contributed by atoms with E-state index in [-0.39, 0.29) is 0 Å². The predicted molar refractivity (Wildman–Crippen MR) is 57.9 cm³/mol. The summed E-state index contributed by atoms with van der Waals surface area (Å²) in [5.41, 5.74) is 5.39. The number of rotatable bonds is 4. The Morgan fingerprint density at radius 1 is 1.57 bits per heavy atom. The highest BCUT2D eigenvalue weighted by atomic mass is 16.3. The zero-order valence-corrected chi connectivity index (χ0v) is 8.57. The second-order valence-electron chi connectivity index (χ2n) is 4.04. The normalized spacial score (nSPS) is 25.9. The van der Waals surface area contributed by atoms with Crippen LogP contribution in [0, 0.1) is 5.92 Å². The number of hydrogen-bond acceptors (Lipinski definition) is 2. The van der Waals surface area contributed by atoms with Crippen LogP contribution < -0.4 is 5.73 Å². The zero-order valence-electron chi connectivity index (χ0n) is 8.57. The van der Waals surface area contributed by atoms with Crippen molar-refractivity contribution in [3.8, 4) is 0 Å². The molecule has 76 valence electrons. The highest BCUT2D eigenvalue weighted by Crippen LogP contribution is 2.47. The maximum Gasteiger partial charge on any atom is 0.126 e. The molecule has 0 aliphatic heterocycles. The summed E-state index contributed by atoms with van der Waals surface area (Å²) in [6.07, 6.45) is 6.25. The molecule has 2 rings (SSSR count). The Balaban J connectivity index is 1.96. The van der Waals surface area contributed by atoms with Crippen molar-refractivity contribution < 1.29 is 4.42 Å². The highest BCUT2D eigenvalue weighted by Gasteiger charge is 2.36. The van der Waals surface area contributed by atoms with Gasteiger partial charge < -0.3 is 10.2 Å². The third kappa shape index (κ3) is 2.07. The number of hydrogen-bond donors (Lipinski definition) is 1. The van der Waals surface area contributed by atoms with Gasteiger partial charge in [0.1, 0.15) is 11.5 Å². The van der Waals surface area contributed by atoms with Crippen LogP contribution in [0.25, 0.3) is 6.08 Å². The molecular weight excluding hydrogens is 174 g/mol. The molecule has 2 heteroatoms. The van der Waals surface area contributed by atoms with Crippen LogP contribution in [0.1, 0.15) is 37.2 Å². The van der Waals surface area contributed by atoms with Crippen LogP contribution >= 0.6 is 0 Å². The molecule has 1 aliphatic carbocycles. The zero-order chi connectivity index (χ0) is 9.97. The van der Waals surface area contributed by atoms with Gasteiger partial charge in [-0.2, -0.15) is 0 Å². The number of nitrogens with two attached hydrogens (primary N) is 1. The number of furan rings is 1. The summed E-state index contributed by atoms with van der Waals surface area (Å²) in [6.45, 7) is 2.96. The Bertz CT molecular complexity index is 327. The van der Waals surface area contributed by atoms with Gasteiger partial charge >= 0.3 is 0 Å². The lowest BCUT2D eigenvalue weighted by atomic mass is 10.3. The first-order valence-electron chi connectivity index (χ1n) is 5.27. The Morgan fingerprint density at radius 3 is 3.00 bits per heavy atom. The summed E-state index contributed by atoms with van der Waals surface area (Å²) < 4.78 is 5.70. The van der Waals surface area contributed by atoms with Crippen molar-refractivity contribution in [2.24, 2.45) is 11.7 Å². The summed E-state index contributed by atoms with van der Waals surface area (Å²) in [7, 11) is 0. The summed E-state index contributed by atoms with van der Waals surface area (Å²) in [5, 5.41) is 0. The largest absolute Gasteiger partial charge is 0.461 e. The molecule has 2 unspecified atom stereocenters. The van der Waals surface area contributed by atoms with Gasteiger partial charge in [0.25, 0.3) is 0 Å². The second-order valence-corrected chi connectivity index (χ2v) is 4.04. The Morgan fingerprint density at radius 2 is 2.36 bits per heavy atom. The topological polar surface area (TPSA) is 39.2 Å². The van der Waals surface area contributed by atoms with E-state index in [0.717, 1.165) is 23.9 Å². The van der Waals surface area contributed by atoms with E-state index in [4.69, 9.17) is 10.2 Å². The average molecular weight is 191 g/mol. The first kappa shape index (κ1) is 9.53. The third-order valence-corrected chi connectivity index (χ3v) is 2.74. The van der Waals surface area contributed by atoms with E-state index in [1.807, 2.05) is 12.1 Å². The van der Waals surface area contributed by atoms with Crippen LogP contribution in [-0.2, 0) is 0 Å². The maximum absolute atomic E-state index is 5.70. The predicted octanol–water partition coefficient (Wildman–Crippen LogP) is 2.77. The van der Waals surface area contributed by atoms with Crippen LogP contribution in [0.4, 0.5) is 0 Å². The van der Waals surface area contributed by atoms with Gasteiger partial charge in [0.05, 0.1) is 0 Å². The second kappa shape index (κ2) is 4.01. The van der Waals surface area contributed by atoms with Crippen LogP contribution in [0.3, 0.4) is 0 Å². The van der Waals surface area contributed by atoms with Gasteiger partial charge in [0.2, 0.25) is 0 Å². The molecule has 1 heterocycles. The third-order valence-electron chi connectivity index (χ3n) is 2.74. The Kier molecular flexibility index (Phi) is 2.73. The van der Waals surface area contributed by atoms with E-state index in [2.05, 4.69) is 19.1 Å². The molecule has 2 nitrogen and oxygen atoms in total. The Labute approximate surface area is 84.8 Å². The first-order chi connectivity index (χ1) is 6.81. The molecule has 2 N–H and O–H groups in total. The van der Waals surface area contributed by atoms with Gasteiger partial charge in [0, 0.05) is 5.92 Å². The Hall–Kier alpha value is -1.02. The SMILES string of the molecule is CC1CC1c1ccc(C=CCCN)o1. The minimum atomic E-state index is 0.673. The minimum absolute atomic E-state index is 0.673. The summed E-state index contributed by atoms with van der Waals surface area (Å²) >= 11 is 0. The molecule has 14 heavy (non-hydrogen) atoms. The van der Waals surface area contributed by atoms with Crippen LogP contribution in [0.5, 0.6) is 0 Å². The summed E-state index contributed by atoms with van der Waals surface area (Å²) in [6, 6.07) is 4.13. The van der Waals surface area contributed by atoms with Crippen molar-refractivity contribution in [2.75, 3.05) is 6.54 Å². The van der Waals surface area contributed by atoms with Gasteiger partial charge in [-0.25, -0.2) is 0 Å². The lowest BCUT2D eigenvalue weighted by Gasteiger charge is -1.90. The van der Waals surface area contributed by atoms with Crippen LogP contribution in [0.2, 0.25) is 0 Å². The first-order valence-corrected chi connectivity index (χ1v) is 5.27. The minimum Gasteiger partial charge on any atom is -0.461 e. The van der Waals surface area contributed by atoms with Crippen molar-refractivity contribution in [3.05, 3.63) is 29.7 Å². The standard InChI is InChI=1S/C12H17NO/c1-9-8-11(9)12-6-5-10(14-12)4-2-3-7-13/h2,4-6,9,11H,3,7-8,13H2,1H3. The van der Waals surface area contributed by atoms with Crippen molar-refractivity contribution in [2.45, 2.75) is 25.7 Å². The van der Waals surface area contributed by atoms with Crippen molar-refractivity contribution in [1.29, 1.82) is 0 Å². The quantitative estimate of drug-likeness (QED) is 0.794. The molecule has 1 saturated carbocycles. The fourth-order valence-electron chi connectivity index (χ4n) is 1.67. The van der Waals surface area contributed by atoms with Crippen LogP contribution in [0.15, 0.2) is 22.6 Å². The smallest absolute Gasteiger partial charge is 0.126 e. The highest BCUT2D eigenvalue weighted by molar-refractivity contribution is 5.43. The van der Waals surface area contributed by atoms with Gasteiger partial charge in [-0.15, -0.1) is 0 Å². The van der Waals surface area contributed by atoms with E-state index >= 15 is 0 Å². The molecule has 0 spiro atoms. The van der Waals surface area contributed by atoms with Crippen molar-refractivity contribution in [1.82, 2.24) is 0 Å². The van der Waals surface area contributed by atoms with E-state index in [1.165, 1.54) is 6.42 Å². The van der Waals surface area contributed by atoms with Gasteiger partial charge in [-0.1, -0.05) is 13.0 Å². The lowest BCUT2D eigenvalue weighted by molar-refractivity contribution is 0.497. The fourth-order valence-corrected chi connectivity index (χ4v) is 1.67. The van der Waals surface area contributed by atoms with E-state index in [1.54, 1.807) is 0 Å². The molecule has 0 radical (unpaired) electrons. The van der Waals surface area contributed by atoms with Crippen molar-refractivity contribution in [3.63, 3.8) is 0 Å². The molecular formula is C12H17NO. The molecule has 1 aromatic rings. The molecule has 1 aliphatic rings. The molecule has 0 bridgehead atoms. The van der Waals surface area contributed by atoms with Crippen LogP contribution in [-0.4, -0.2) is 6.54 Å². The van der Waals surface area contributed by atoms with Crippen molar-refractivity contribution >= 4 is 6.08 Å². The fraction of sp³-hybridized carbons (Fsp3) is 0.500. The average Bonchev–Trinajstić information content (AvgIpc) is 2.74. The molecule has 0 saturated heterocycles. The van der Waals surface area contributed by atoms with Gasteiger partial charge in [-0.3, -0.25) is 0 Å². The van der Waals surface area contributed by atoms with E-state index in [0.29, 0.717) is 12.5 Å². The molecule has 0 aromatic carbocycles. The summed E-state index contributed by atoms with van der Waals surface area (Å²) in [5.74, 6) is 3.58. The maximum atomic E-state index is 5.70. The van der Waals surface area contributed by atoms with E-state index < -0.39 is 0 Å².